The van der Waals surface area contributed by atoms with Crippen LogP contribution < -0.4 is 5.73 Å². The second-order valence-electron chi connectivity index (χ2n) is 3.46. The summed E-state index contributed by atoms with van der Waals surface area (Å²) in [5, 5.41) is 3.23. The fraction of sp³-hybridized carbons (Fsp3) is 0.273. The van der Waals surface area contributed by atoms with E-state index in [9.17, 15) is 0 Å². The summed E-state index contributed by atoms with van der Waals surface area (Å²) >= 11 is 1.70. The molecule has 0 aliphatic carbocycles. The van der Waals surface area contributed by atoms with Gasteiger partial charge in [-0.2, -0.15) is 0 Å². The maximum absolute atomic E-state index is 5.83. The number of anilines is 1. The molecule has 2 rings (SSSR count). The van der Waals surface area contributed by atoms with Gasteiger partial charge in [-0.1, -0.05) is 0 Å². The van der Waals surface area contributed by atoms with Gasteiger partial charge < -0.3 is 5.73 Å². The fourth-order valence-corrected chi connectivity index (χ4v) is 2.18. The fourth-order valence-electron chi connectivity index (χ4n) is 1.41. The predicted octanol–water partition coefficient (Wildman–Crippen LogP) is 2.21. The zero-order chi connectivity index (χ0) is 10.7. The van der Waals surface area contributed by atoms with Gasteiger partial charge >= 0.3 is 0 Å². The highest BCUT2D eigenvalue weighted by Gasteiger charge is 2.02. The number of nitrogen functional groups attached to an aromatic ring is 1. The predicted molar refractivity (Wildman–Crippen MR) is 62.9 cm³/mol. The standard InChI is InChI=1S/C11H13N3S/c1-8-7-15-11(14-8)3-2-9-6-13-5-4-10(9)12/h4-7H,2-3H2,1H3,(H2,12,13). The quantitative estimate of drug-likeness (QED) is 0.861. The summed E-state index contributed by atoms with van der Waals surface area (Å²) in [6.45, 7) is 2.01. The molecule has 0 radical (unpaired) electrons. The Morgan fingerprint density at radius 1 is 1.40 bits per heavy atom. The molecule has 0 aromatic carbocycles. The summed E-state index contributed by atoms with van der Waals surface area (Å²) in [6, 6.07) is 1.84. The smallest absolute Gasteiger partial charge is 0.0931 e. The van der Waals surface area contributed by atoms with Crippen molar-refractivity contribution >= 4 is 17.0 Å². The molecular weight excluding hydrogens is 206 g/mol. The van der Waals surface area contributed by atoms with Crippen LogP contribution in [0.3, 0.4) is 0 Å². The Morgan fingerprint density at radius 2 is 2.27 bits per heavy atom. The van der Waals surface area contributed by atoms with Crippen LogP contribution in [0.1, 0.15) is 16.3 Å². The number of pyridine rings is 1. The van der Waals surface area contributed by atoms with Gasteiger partial charge in [0.2, 0.25) is 0 Å². The van der Waals surface area contributed by atoms with Crippen molar-refractivity contribution in [2.24, 2.45) is 0 Å². The van der Waals surface area contributed by atoms with Crippen molar-refractivity contribution in [1.82, 2.24) is 9.97 Å². The molecule has 4 heteroatoms. The lowest BCUT2D eigenvalue weighted by Gasteiger charge is -2.02. The summed E-state index contributed by atoms with van der Waals surface area (Å²) in [7, 11) is 0. The molecule has 0 bridgehead atoms. The second kappa shape index (κ2) is 4.40. The summed E-state index contributed by atoms with van der Waals surface area (Å²) in [4.78, 5) is 8.48. The van der Waals surface area contributed by atoms with Gasteiger partial charge in [0.25, 0.3) is 0 Å². The van der Waals surface area contributed by atoms with Crippen LogP contribution in [0.25, 0.3) is 0 Å². The van der Waals surface area contributed by atoms with Crippen molar-refractivity contribution in [3.05, 3.63) is 40.1 Å². The molecule has 78 valence electrons. The first kappa shape index (κ1) is 10.1. The molecular formula is C11H13N3S. The van der Waals surface area contributed by atoms with Gasteiger partial charge in [-0.05, 0) is 25.0 Å². The van der Waals surface area contributed by atoms with Crippen LogP contribution in [-0.4, -0.2) is 9.97 Å². The minimum Gasteiger partial charge on any atom is -0.398 e. The average Bonchev–Trinajstić information content (AvgIpc) is 2.63. The van der Waals surface area contributed by atoms with E-state index in [0.717, 1.165) is 34.8 Å². The Balaban J connectivity index is 2.02. The number of aryl methyl sites for hydroxylation is 3. The molecule has 0 aliphatic heterocycles. The zero-order valence-electron chi connectivity index (χ0n) is 8.60. The highest BCUT2D eigenvalue weighted by Crippen LogP contribution is 2.15. The molecule has 0 saturated heterocycles. The normalized spacial score (nSPS) is 10.5. The van der Waals surface area contributed by atoms with E-state index in [-0.39, 0.29) is 0 Å². The Bertz CT molecular complexity index is 451. The minimum absolute atomic E-state index is 0.818. The number of hydrogen-bond donors (Lipinski definition) is 1. The van der Waals surface area contributed by atoms with E-state index in [0.29, 0.717) is 0 Å². The molecule has 0 atom stereocenters. The van der Waals surface area contributed by atoms with Crippen molar-refractivity contribution in [3.63, 3.8) is 0 Å². The molecule has 2 aromatic rings. The van der Waals surface area contributed by atoms with Crippen LogP contribution in [0.5, 0.6) is 0 Å². The maximum atomic E-state index is 5.83. The van der Waals surface area contributed by atoms with Crippen LogP contribution >= 0.6 is 11.3 Å². The molecule has 0 unspecified atom stereocenters. The van der Waals surface area contributed by atoms with Crippen molar-refractivity contribution in [2.45, 2.75) is 19.8 Å². The van der Waals surface area contributed by atoms with Crippen molar-refractivity contribution in [1.29, 1.82) is 0 Å². The Labute approximate surface area is 93.0 Å². The monoisotopic (exact) mass is 219 g/mol. The molecule has 0 saturated carbocycles. The van der Waals surface area contributed by atoms with Crippen LogP contribution in [0, 0.1) is 6.92 Å². The SMILES string of the molecule is Cc1csc(CCc2cnccc2N)n1. The van der Waals surface area contributed by atoms with Crippen molar-refractivity contribution in [3.8, 4) is 0 Å². The first-order chi connectivity index (χ1) is 7.25. The summed E-state index contributed by atoms with van der Waals surface area (Å²) in [5.41, 5.74) is 8.84. The van der Waals surface area contributed by atoms with Crippen molar-refractivity contribution in [2.75, 3.05) is 5.73 Å². The highest BCUT2D eigenvalue weighted by molar-refractivity contribution is 7.09. The Kier molecular flexibility index (Phi) is 2.97. The van der Waals surface area contributed by atoms with E-state index in [4.69, 9.17) is 5.73 Å². The number of thiazole rings is 1. The zero-order valence-corrected chi connectivity index (χ0v) is 9.42. The molecule has 0 spiro atoms. The van der Waals surface area contributed by atoms with Crippen LogP contribution in [0.15, 0.2) is 23.8 Å². The largest absolute Gasteiger partial charge is 0.398 e. The summed E-state index contributed by atoms with van der Waals surface area (Å²) < 4.78 is 0. The van der Waals surface area contributed by atoms with Gasteiger partial charge in [0, 0.05) is 35.6 Å². The number of hydrogen-bond acceptors (Lipinski definition) is 4. The molecule has 2 aromatic heterocycles. The average molecular weight is 219 g/mol. The van der Waals surface area contributed by atoms with E-state index in [1.54, 1.807) is 17.5 Å². The van der Waals surface area contributed by atoms with E-state index in [1.807, 2.05) is 19.2 Å². The molecule has 0 amide bonds. The minimum atomic E-state index is 0.818. The topological polar surface area (TPSA) is 51.8 Å². The number of rotatable bonds is 3. The molecule has 0 fully saturated rings. The first-order valence-corrected chi connectivity index (χ1v) is 5.73. The van der Waals surface area contributed by atoms with Gasteiger partial charge in [0.15, 0.2) is 0 Å². The lowest BCUT2D eigenvalue weighted by atomic mass is 10.1. The first-order valence-electron chi connectivity index (χ1n) is 4.85. The van der Waals surface area contributed by atoms with Gasteiger partial charge in [-0.15, -0.1) is 11.3 Å². The van der Waals surface area contributed by atoms with Gasteiger partial charge in [0.05, 0.1) is 5.01 Å². The van der Waals surface area contributed by atoms with Crippen molar-refractivity contribution < 1.29 is 0 Å². The number of aromatic nitrogens is 2. The lowest BCUT2D eigenvalue weighted by Crippen LogP contribution is -1.97. The molecule has 15 heavy (non-hydrogen) atoms. The number of nitrogens with two attached hydrogens (primary N) is 1. The lowest BCUT2D eigenvalue weighted by molar-refractivity contribution is 0.931. The molecule has 2 N–H and O–H groups in total. The van der Waals surface area contributed by atoms with Crippen LogP contribution in [0.2, 0.25) is 0 Å². The van der Waals surface area contributed by atoms with E-state index in [2.05, 4.69) is 15.3 Å². The van der Waals surface area contributed by atoms with Crippen LogP contribution in [-0.2, 0) is 12.8 Å². The third-order valence-corrected chi connectivity index (χ3v) is 3.24. The van der Waals surface area contributed by atoms with Crippen LogP contribution in [0.4, 0.5) is 5.69 Å². The van der Waals surface area contributed by atoms with Gasteiger partial charge in [-0.3, -0.25) is 4.98 Å². The second-order valence-corrected chi connectivity index (χ2v) is 4.40. The van der Waals surface area contributed by atoms with E-state index in [1.165, 1.54) is 0 Å². The number of nitrogens with zero attached hydrogens (tertiary/aromatic N) is 2. The molecule has 0 aliphatic rings. The summed E-state index contributed by atoms with van der Waals surface area (Å²) in [6.07, 6.45) is 5.39. The molecule has 3 nitrogen and oxygen atoms in total. The third-order valence-electron chi connectivity index (χ3n) is 2.22. The van der Waals surface area contributed by atoms with Gasteiger partial charge in [0.1, 0.15) is 0 Å². The van der Waals surface area contributed by atoms with E-state index < -0.39 is 0 Å². The third kappa shape index (κ3) is 2.53. The van der Waals surface area contributed by atoms with E-state index >= 15 is 0 Å². The Hall–Kier alpha value is -1.42. The Morgan fingerprint density at radius 3 is 2.93 bits per heavy atom. The highest BCUT2D eigenvalue weighted by atomic mass is 32.1. The van der Waals surface area contributed by atoms with Gasteiger partial charge in [-0.25, -0.2) is 4.98 Å². The molecule has 2 heterocycles. The maximum Gasteiger partial charge on any atom is 0.0931 e. The summed E-state index contributed by atoms with van der Waals surface area (Å²) in [5.74, 6) is 0.